The third-order valence-corrected chi connectivity index (χ3v) is 1.12. The average Bonchev–Trinajstić information content (AvgIpc) is 2.00. The van der Waals surface area contributed by atoms with E-state index in [1.54, 1.807) is 6.92 Å². The van der Waals surface area contributed by atoms with E-state index in [0.29, 0.717) is 0 Å². The van der Waals surface area contributed by atoms with Crippen molar-refractivity contribution in [3.05, 3.63) is 12.2 Å². The molecule has 0 aromatic rings. The van der Waals surface area contributed by atoms with Crippen molar-refractivity contribution in [3.8, 4) is 11.8 Å². The number of nitrogens with two attached hydrogens (primary N) is 2. The summed E-state index contributed by atoms with van der Waals surface area (Å²) < 4.78 is 0. The smallest absolute Gasteiger partial charge is 0.324 e. The van der Waals surface area contributed by atoms with E-state index in [9.17, 15) is 4.79 Å². The summed E-state index contributed by atoms with van der Waals surface area (Å²) in [5.41, 5.74) is 10.6. The molecule has 0 radical (unpaired) electrons. The number of hydrogen-bond acceptors (Lipinski definition) is 3. The molecule has 0 bridgehead atoms. The Morgan fingerprint density at radius 2 is 2.08 bits per heavy atom. The molecule has 0 spiro atoms. The van der Waals surface area contributed by atoms with E-state index in [-0.39, 0.29) is 0 Å². The fourth-order valence-electron chi connectivity index (χ4n) is 0.537. The fraction of sp³-hybridized carbons (Fsp3) is 0.375. The van der Waals surface area contributed by atoms with Gasteiger partial charge in [-0.05, 0) is 6.92 Å². The van der Waals surface area contributed by atoms with Gasteiger partial charge < -0.3 is 16.6 Å². The minimum absolute atomic E-state index is 0.444. The van der Waals surface area contributed by atoms with Gasteiger partial charge in [0.05, 0.1) is 6.04 Å². The molecule has 0 saturated carbocycles. The monoisotopic (exact) mass is 168 g/mol. The highest BCUT2D eigenvalue weighted by atomic mass is 16.4. The third-order valence-electron chi connectivity index (χ3n) is 1.12. The van der Waals surface area contributed by atoms with Crippen LogP contribution < -0.4 is 11.5 Å². The molecule has 4 nitrogen and oxygen atoms in total. The first-order valence-corrected chi connectivity index (χ1v) is 3.42. The predicted molar refractivity (Wildman–Crippen MR) is 46.2 cm³/mol. The molecule has 0 heterocycles. The summed E-state index contributed by atoms with van der Waals surface area (Å²) in [7, 11) is 0. The maximum Gasteiger partial charge on any atom is 0.324 e. The van der Waals surface area contributed by atoms with Gasteiger partial charge in [-0.2, -0.15) is 0 Å². The Bertz CT molecular complexity index is 237. The number of carboxylic acids is 1. The molecule has 0 rings (SSSR count). The van der Waals surface area contributed by atoms with Crippen molar-refractivity contribution in [1.82, 2.24) is 0 Å². The molecule has 0 aliphatic carbocycles. The van der Waals surface area contributed by atoms with Gasteiger partial charge in [-0.15, -0.1) is 5.92 Å². The van der Waals surface area contributed by atoms with Crippen LogP contribution in [-0.2, 0) is 4.79 Å². The van der Waals surface area contributed by atoms with Gasteiger partial charge in [-0.1, -0.05) is 18.1 Å². The number of rotatable bonds is 3. The summed E-state index contributed by atoms with van der Waals surface area (Å²) >= 11 is 0. The normalized spacial score (nSPS) is 14.9. The quantitative estimate of drug-likeness (QED) is 0.384. The van der Waals surface area contributed by atoms with E-state index in [4.69, 9.17) is 16.6 Å². The second-order valence-corrected chi connectivity index (χ2v) is 2.17. The summed E-state index contributed by atoms with van der Waals surface area (Å²) in [6.45, 7) is 1.66. The van der Waals surface area contributed by atoms with Crippen molar-refractivity contribution in [2.75, 3.05) is 0 Å². The van der Waals surface area contributed by atoms with Gasteiger partial charge in [0, 0.05) is 0 Å². The van der Waals surface area contributed by atoms with Gasteiger partial charge in [0.15, 0.2) is 0 Å². The van der Waals surface area contributed by atoms with E-state index in [0.717, 1.165) is 0 Å². The maximum atomic E-state index is 10.2. The van der Waals surface area contributed by atoms with Crippen LogP contribution in [0.4, 0.5) is 0 Å². The molecule has 12 heavy (non-hydrogen) atoms. The van der Waals surface area contributed by atoms with Crippen molar-refractivity contribution >= 4 is 5.97 Å². The highest BCUT2D eigenvalue weighted by Crippen LogP contribution is 1.85. The van der Waals surface area contributed by atoms with Gasteiger partial charge in [-0.3, -0.25) is 4.79 Å². The van der Waals surface area contributed by atoms with Gasteiger partial charge in [0.1, 0.15) is 6.04 Å². The van der Waals surface area contributed by atoms with Gasteiger partial charge in [0.2, 0.25) is 0 Å². The Labute approximate surface area is 71.2 Å². The summed E-state index contributed by atoms with van der Waals surface area (Å²) in [6.07, 6.45) is 2.78. The molecular weight excluding hydrogens is 156 g/mol. The van der Waals surface area contributed by atoms with Crippen molar-refractivity contribution in [3.63, 3.8) is 0 Å². The summed E-state index contributed by atoms with van der Waals surface area (Å²) in [4.78, 5) is 10.2. The lowest BCUT2D eigenvalue weighted by Gasteiger charge is -1.99. The molecule has 0 amide bonds. The fourth-order valence-corrected chi connectivity index (χ4v) is 0.537. The topological polar surface area (TPSA) is 89.3 Å². The highest BCUT2D eigenvalue weighted by Gasteiger charge is 2.05. The molecular formula is C8H12N2O2. The zero-order chi connectivity index (χ0) is 9.56. The molecule has 0 aromatic carbocycles. The lowest BCUT2D eigenvalue weighted by Crippen LogP contribution is -2.28. The van der Waals surface area contributed by atoms with Crippen molar-refractivity contribution in [2.45, 2.75) is 19.0 Å². The summed E-state index contributed by atoms with van der Waals surface area (Å²) in [6, 6.07) is -1.45. The second-order valence-electron chi connectivity index (χ2n) is 2.17. The summed E-state index contributed by atoms with van der Waals surface area (Å²) in [5, 5.41) is 8.37. The molecule has 0 fully saturated rings. The van der Waals surface area contributed by atoms with E-state index < -0.39 is 18.1 Å². The zero-order valence-electron chi connectivity index (χ0n) is 6.82. The Kier molecular flexibility index (Phi) is 4.77. The molecule has 0 aromatic heterocycles. The zero-order valence-corrected chi connectivity index (χ0v) is 6.82. The van der Waals surface area contributed by atoms with E-state index in [1.807, 2.05) is 0 Å². The maximum absolute atomic E-state index is 10.2. The molecule has 0 saturated heterocycles. The van der Waals surface area contributed by atoms with Crippen LogP contribution >= 0.6 is 0 Å². The SMILES string of the molecule is CC#CC(N)C=CC(N)C(=O)O. The van der Waals surface area contributed by atoms with E-state index in [1.165, 1.54) is 12.2 Å². The molecule has 4 heteroatoms. The minimum Gasteiger partial charge on any atom is -0.480 e. The Morgan fingerprint density at radius 1 is 1.50 bits per heavy atom. The first kappa shape index (κ1) is 10.7. The molecule has 2 unspecified atom stereocenters. The predicted octanol–water partition coefficient (Wildman–Crippen LogP) is -0.695. The minimum atomic E-state index is -1.08. The second kappa shape index (κ2) is 5.35. The van der Waals surface area contributed by atoms with Crippen LogP contribution in [0.3, 0.4) is 0 Å². The third kappa shape index (κ3) is 4.50. The first-order valence-electron chi connectivity index (χ1n) is 3.42. The van der Waals surface area contributed by atoms with Crippen molar-refractivity contribution in [1.29, 1.82) is 0 Å². The lowest BCUT2D eigenvalue weighted by molar-refractivity contribution is -0.137. The first-order chi connectivity index (χ1) is 5.57. The Morgan fingerprint density at radius 3 is 2.50 bits per heavy atom. The largest absolute Gasteiger partial charge is 0.480 e. The van der Waals surface area contributed by atoms with Crippen LogP contribution in [0.5, 0.6) is 0 Å². The van der Waals surface area contributed by atoms with E-state index in [2.05, 4.69) is 11.8 Å². The Hall–Kier alpha value is -1.31. The standard InChI is InChI=1S/C8H12N2O2/c1-2-3-6(9)4-5-7(10)8(11)12/h4-7H,9-10H2,1H3,(H,11,12). The Balaban J connectivity index is 4.03. The summed E-state index contributed by atoms with van der Waals surface area (Å²) in [5.74, 6) is 4.16. The number of carbonyl (C=O) groups is 1. The molecule has 66 valence electrons. The van der Waals surface area contributed by atoms with Gasteiger partial charge >= 0.3 is 5.97 Å². The molecule has 0 aliphatic rings. The van der Waals surface area contributed by atoms with Gasteiger partial charge in [0.25, 0.3) is 0 Å². The van der Waals surface area contributed by atoms with Crippen LogP contribution in [0.2, 0.25) is 0 Å². The van der Waals surface area contributed by atoms with Crippen LogP contribution in [0.1, 0.15) is 6.92 Å². The van der Waals surface area contributed by atoms with Crippen LogP contribution in [-0.4, -0.2) is 23.2 Å². The lowest BCUT2D eigenvalue weighted by atomic mass is 10.2. The van der Waals surface area contributed by atoms with E-state index >= 15 is 0 Å². The molecule has 5 N–H and O–H groups in total. The number of carboxylic acid groups (broad SMARTS) is 1. The average molecular weight is 168 g/mol. The van der Waals surface area contributed by atoms with Crippen molar-refractivity contribution in [2.24, 2.45) is 11.5 Å². The molecule has 2 atom stereocenters. The number of hydrogen-bond donors (Lipinski definition) is 3. The molecule has 0 aliphatic heterocycles. The van der Waals surface area contributed by atoms with Crippen LogP contribution in [0, 0.1) is 11.8 Å². The van der Waals surface area contributed by atoms with Crippen molar-refractivity contribution < 1.29 is 9.90 Å². The van der Waals surface area contributed by atoms with Gasteiger partial charge in [-0.25, -0.2) is 0 Å². The van der Waals surface area contributed by atoms with Crippen LogP contribution in [0.15, 0.2) is 12.2 Å². The van der Waals surface area contributed by atoms with Crippen LogP contribution in [0.25, 0.3) is 0 Å². The highest BCUT2D eigenvalue weighted by molar-refractivity contribution is 5.75. The number of aliphatic carboxylic acids is 1.